The molecular formula is C19H21N3O5. The van der Waals surface area contributed by atoms with E-state index in [0.717, 1.165) is 0 Å². The second-order valence-electron chi connectivity index (χ2n) is 5.59. The fourth-order valence-electron chi connectivity index (χ4n) is 2.38. The van der Waals surface area contributed by atoms with Gasteiger partial charge in [0.15, 0.2) is 6.61 Å². The second kappa shape index (κ2) is 9.33. The Balaban J connectivity index is 1.91. The van der Waals surface area contributed by atoms with Crippen molar-refractivity contribution in [2.24, 2.45) is 0 Å². The molecule has 0 spiro atoms. The largest absolute Gasteiger partial charge is 0.452 e. The number of esters is 1. The standard InChI is InChI=1S/C19H21N3O5/c1-3-22(4-2)18(25)13-7-9-14(10-8-13)21-16(23)12-27-19(26)15-6-5-11-20-17(15)24/h5-11H,3-4,12H2,1-2H3,(H,20,24)(H,21,23). The van der Waals surface area contributed by atoms with Crippen LogP contribution < -0.4 is 10.9 Å². The van der Waals surface area contributed by atoms with Crippen LogP contribution in [0.4, 0.5) is 5.69 Å². The lowest BCUT2D eigenvalue weighted by atomic mass is 10.2. The van der Waals surface area contributed by atoms with Crippen molar-refractivity contribution in [3.63, 3.8) is 0 Å². The van der Waals surface area contributed by atoms with Crippen LogP contribution in [0.5, 0.6) is 0 Å². The van der Waals surface area contributed by atoms with E-state index in [0.29, 0.717) is 24.3 Å². The van der Waals surface area contributed by atoms with Gasteiger partial charge in [0.2, 0.25) is 0 Å². The summed E-state index contributed by atoms with van der Waals surface area (Å²) in [4.78, 5) is 51.5. The summed E-state index contributed by atoms with van der Waals surface area (Å²) in [7, 11) is 0. The van der Waals surface area contributed by atoms with Gasteiger partial charge >= 0.3 is 5.97 Å². The number of amides is 2. The summed E-state index contributed by atoms with van der Waals surface area (Å²) in [5, 5.41) is 2.56. The summed E-state index contributed by atoms with van der Waals surface area (Å²) in [6.07, 6.45) is 1.39. The highest BCUT2D eigenvalue weighted by atomic mass is 16.5. The third-order valence-electron chi connectivity index (χ3n) is 3.84. The summed E-state index contributed by atoms with van der Waals surface area (Å²) in [5.74, 6) is -1.52. The van der Waals surface area contributed by atoms with Crippen molar-refractivity contribution < 1.29 is 19.1 Å². The Morgan fingerprint density at radius 3 is 2.33 bits per heavy atom. The van der Waals surface area contributed by atoms with Gasteiger partial charge in [-0.25, -0.2) is 4.79 Å². The molecule has 142 valence electrons. The first-order valence-corrected chi connectivity index (χ1v) is 8.50. The first kappa shape index (κ1) is 19.9. The summed E-state index contributed by atoms with van der Waals surface area (Å²) >= 11 is 0. The molecule has 0 aliphatic rings. The first-order chi connectivity index (χ1) is 13.0. The van der Waals surface area contributed by atoms with Gasteiger partial charge < -0.3 is 19.9 Å². The third-order valence-corrected chi connectivity index (χ3v) is 3.84. The van der Waals surface area contributed by atoms with E-state index in [9.17, 15) is 19.2 Å². The zero-order valence-corrected chi connectivity index (χ0v) is 15.2. The number of aromatic amines is 1. The molecule has 2 amide bonds. The van der Waals surface area contributed by atoms with Gasteiger partial charge in [0.05, 0.1) is 0 Å². The summed E-state index contributed by atoms with van der Waals surface area (Å²) in [6.45, 7) is 4.50. The molecule has 8 nitrogen and oxygen atoms in total. The maximum absolute atomic E-state index is 12.2. The van der Waals surface area contributed by atoms with Gasteiger partial charge in [0.25, 0.3) is 17.4 Å². The Kier molecular flexibility index (Phi) is 6.87. The monoisotopic (exact) mass is 371 g/mol. The number of rotatable bonds is 7. The molecule has 2 N–H and O–H groups in total. The number of ether oxygens (including phenoxy) is 1. The molecule has 0 aliphatic carbocycles. The van der Waals surface area contributed by atoms with Crippen LogP contribution in [0.1, 0.15) is 34.6 Å². The predicted molar refractivity (Wildman–Crippen MR) is 99.7 cm³/mol. The third kappa shape index (κ3) is 5.27. The van der Waals surface area contributed by atoms with Crippen molar-refractivity contribution >= 4 is 23.5 Å². The van der Waals surface area contributed by atoms with Crippen molar-refractivity contribution in [2.75, 3.05) is 25.0 Å². The molecule has 0 unspecified atom stereocenters. The molecule has 8 heteroatoms. The summed E-state index contributed by atoms with van der Waals surface area (Å²) < 4.78 is 4.83. The molecule has 0 radical (unpaired) electrons. The molecule has 0 fully saturated rings. The van der Waals surface area contributed by atoms with Crippen LogP contribution in [0.25, 0.3) is 0 Å². The highest BCUT2D eigenvalue weighted by molar-refractivity contribution is 5.97. The molecule has 1 aromatic heterocycles. The van der Waals surface area contributed by atoms with Crippen molar-refractivity contribution in [3.8, 4) is 0 Å². The lowest BCUT2D eigenvalue weighted by molar-refractivity contribution is -0.119. The average Bonchev–Trinajstić information content (AvgIpc) is 2.68. The van der Waals surface area contributed by atoms with Gasteiger partial charge in [-0.2, -0.15) is 0 Å². The molecule has 0 saturated heterocycles. The van der Waals surface area contributed by atoms with Crippen molar-refractivity contribution in [1.82, 2.24) is 9.88 Å². The number of aromatic nitrogens is 1. The van der Waals surface area contributed by atoms with E-state index in [-0.39, 0.29) is 11.5 Å². The number of H-pyrrole nitrogens is 1. The predicted octanol–water partition coefficient (Wildman–Crippen LogP) is 1.65. The van der Waals surface area contributed by atoms with Gasteiger partial charge in [0.1, 0.15) is 5.56 Å². The Morgan fingerprint density at radius 2 is 1.74 bits per heavy atom. The smallest absolute Gasteiger partial charge is 0.344 e. The average molecular weight is 371 g/mol. The zero-order chi connectivity index (χ0) is 19.8. The second-order valence-corrected chi connectivity index (χ2v) is 5.59. The quantitative estimate of drug-likeness (QED) is 0.720. The maximum atomic E-state index is 12.2. The molecule has 2 aromatic rings. The number of hydrogen-bond acceptors (Lipinski definition) is 5. The lowest BCUT2D eigenvalue weighted by Gasteiger charge is -2.18. The molecule has 0 saturated carbocycles. The molecule has 0 bridgehead atoms. The highest BCUT2D eigenvalue weighted by Gasteiger charge is 2.14. The fourth-order valence-corrected chi connectivity index (χ4v) is 2.38. The number of carbonyl (C=O) groups excluding carboxylic acids is 3. The minimum absolute atomic E-state index is 0.0834. The minimum Gasteiger partial charge on any atom is -0.452 e. The molecule has 27 heavy (non-hydrogen) atoms. The molecule has 1 aromatic carbocycles. The Labute approximate surface area is 156 Å². The Morgan fingerprint density at radius 1 is 1.07 bits per heavy atom. The fraction of sp³-hybridized carbons (Fsp3) is 0.263. The van der Waals surface area contributed by atoms with E-state index in [4.69, 9.17) is 4.74 Å². The summed E-state index contributed by atoms with van der Waals surface area (Å²) in [5.41, 5.74) is 0.220. The number of nitrogens with zero attached hydrogens (tertiary/aromatic N) is 1. The van der Waals surface area contributed by atoms with Crippen LogP contribution in [0, 0.1) is 0 Å². The van der Waals surface area contributed by atoms with Crippen molar-refractivity contribution in [1.29, 1.82) is 0 Å². The van der Waals surface area contributed by atoms with Crippen LogP contribution in [-0.4, -0.2) is 47.4 Å². The Hall–Kier alpha value is -3.42. The van der Waals surface area contributed by atoms with Crippen molar-refractivity contribution in [2.45, 2.75) is 13.8 Å². The molecular weight excluding hydrogens is 350 g/mol. The number of hydrogen-bond donors (Lipinski definition) is 2. The normalized spacial score (nSPS) is 10.1. The molecule has 0 aliphatic heterocycles. The van der Waals surface area contributed by atoms with Crippen LogP contribution in [0.2, 0.25) is 0 Å². The maximum Gasteiger partial charge on any atom is 0.344 e. The Bertz CT molecular complexity index is 869. The molecule has 0 atom stereocenters. The first-order valence-electron chi connectivity index (χ1n) is 8.50. The van der Waals surface area contributed by atoms with E-state index < -0.39 is 24.0 Å². The highest BCUT2D eigenvalue weighted by Crippen LogP contribution is 2.12. The van der Waals surface area contributed by atoms with Gasteiger partial charge in [-0.05, 0) is 50.2 Å². The van der Waals surface area contributed by atoms with E-state index in [2.05, 4.69) is 10.3 Å². The van der Waals surface area contributed by atoms with Crippen molar-refractivity contribution in [3.05, 3.63) is 64.1 Å². The number of pyridine rings is 1. The van der Waals surface area contributed by atoms with Gasteiger partial charge in [-0.1, -0.05) is 0 Å². The zero-order valence-electron chi connectivity index (χ0n) is 15.2. The van der Waals surface area contributed by atoms with Crippen LogP contribution in [0.15, 0.2) is 47.4 Å². The van der Waals surface area contributed by atoms with Gasteiger partial charge in [-0.3, -0.25) is 14.4 Å². The molecule has 1 heterocycles. The summed E-state index contributed by atoms with van der Waals surface area (Å²) in [6, 6.07) is 9.22. The van der Waals surface area contributed by atoms with Crippen LogP contribution >= 0.6 is 0 Å². The van der Waals surface area contributed by atoms with Crippen LogP contribution in [0.3, 0.4) is 0 Å². The number of nitrogens with one attached hydrogen (secondary N) is 2. The number of benzene rings is 1. The van der Waals surface area contributed by atoms with Crippen LogP contribution in [-0.2, 0) is 9.53 Å². The van der Waals surface area contributed by atoms with Gasteiger partial charge in [-0.15, -0.1) is 0 Å². The van der Waals surface area contributed by atoms with E-state index in [1.165, 1.54) is 18.3 Å². The van der Waals surface area contributed by atoms with E-state index >= 15 is 0 Å². The SMILES string of the molecule is CCN(CC)C(=O)c1ccc(NC(=O)COC(=O)c2ccc[nH]c2=O)cc1. The number of anilines is 1. The lowest BCUT2D eigenvalue weighted by Crippen LogP contribution is -2.30. The van der Waals surface area contributed by atoms with Gasteiger partial charge in [0, 0.05) is 30.5 Å². The van der Waals surface area contributed by atoms with E-state index in [1.807, 2.05) is 13.8 Å². The minimum atomic E-state index is -0.882. The number of carbonyl (C=O) groups is 3. The topological polar surface area (TPSA) is 109 Å². The van der Waals surface area contributed by atoms with E-state index in [1.54, 1.807) is 29.2 Å². The molecule has 2 rings (SSSR count).